The van der Waals surface area contributed by atoms with Crippen LogP contribution in [0.15, 0.2) is 58.1 Å². The SMILES string of the molecule is CCCCn1c(=O)[nH]c(=O)c2c1nc(Cc1ccc(NC(C)=O)cc1)n2C(Cc1ccccc1O[Si](C)(C)C(C)(C)C)OC(=O)C(C)(C)C. The molecule has 0 saturated carbocycles. The van der Waals surface area contributed by atoms with Crippen LogP contribution < -0.4 is 21.0 Å². The number of imidazole rings is 1. The number of unbranched alkanes of at least 4 members (excludes halogenated alkanes) is 1. The molecule has 264 valence electrons. The second-order valence-corrected chi connectivity index (χ2v) is 19.9. The lowest BCUT2D eigenvalue weighted by Crippen LogP contribution is -2.44. The number of amides is 1. The molecule has 0 aliphatic carbocycles. The van der Waals surface area contributed by atoms with Gasteiger partial charge in [-0.3, -0.25) is 28.5 Å². The smallest absolute Gasteiger partial charge is 0.330 e. The predicted octanol–water partition coefficient (Wildman–Crippen LogP) is 6.95. The number of benzene rings is 2. The van der Waals surface area contributed by atoms with Gasteiger partial charge in [0.25, 0.3) is 5.56 Å². The zero-order valence-corrected chi connectivity index (χ0v) is 31.5. The fraction of sp³-hybridized carbons (Fsp3) is 0.486. The van der Waals surface area contributed by atoms with Gasteiger partial charge in [0.15, 0.2) is 17.4 Å². The number of aromatic amines is 1. The van der Waals surface area contributed by atoms with Crippen molar-refractivity contribution >= 4 is 37.0 Å². The molecule has 4 aromatic rings. The van der Waals surface area contributed by atoms with Gasteiger partial charge in [0.1, 0.15) is 11.6 Å². The summed E-state index contributed by atoms with van der Waals surface area (Å²) in [6.45, 7) is 20.0. The van der Waals surface area contributed by atoms with Crippen molar-refractivity contribution in [1.82, 2.24) is 19.1 Å². The Morgan fingerprint density at radius 2 is 1.65 bits per heavy atom. The topological polar surface area (TPSA) is 137 Å². The van der Waals surface area contributed by atoms with E-state index in [1.807, 2.05) is 43.3 Å². The minimum atomic E-state index is -2.26. The van der Waals surface area contributed by atoms with E-state index < -0.39 is 37.2 Å². The number of H-pyrrole nitrogens is 1. The lowest BCUT2D eigenvalue weighted by molar-refractivity contribution is -0.163. The molecule has 1 amide bonds. The Hall–Kier alpha value is -4.45. The quantitative estimate of drug-likeness (QED) is 0.121. The largest absolute Gasteiger partial charge is 0.543 e. The fourth-order valence-corrected chi connectivity index (χ4v) is 6.16. The first-order valence-electron chi connectivity index (χ1n) is 16.9. The number of hydrogen-bond donors (Lipinski definition) is 2. The summed E-state index contributed by atoms with van der Waals surface area (Å²) in [5, 5.41) is 2.71. The molecular weight excluding hydrogens is 639 g/mol. The molecule has 4 rings (SSSR count). The first kappa shape index (κ1) is 37.4. The van der Waals surface area contributed by atoms with Gasteiger partial charge in [0, 0.05) is 32.0 Å². The van der Waals surface area contributed by atoms with Crippen LogP contribution in [0.25, 0.3) is 11.2 Å². The molecule has 0 bridgehead atoms. The number of rotatable bonds is 12. The van der Waals surface area contributed by atoms with Crippen LogP contribution in [0.3, 0.4) is 0 Å². The van der Waals surface area contributed by atoms with Crippen molar-refractivity contribution < 1.29 is 18.8 Å². The standard InChI is InChI=1S/C37H51N5O6Si/c1-11-12-21-41-32-31(33(44)40-35(41)46)42(29(39-32)22-25-17-19-27(20-18-25)38-24(2)43)30(47-34(45)36(3,4)5)23-26-15-13-14-16-28(26)48-49(9,10)37(6,7)8/h13-20,30H,11-12,21-23H2,1-10H3,(H,38,43)(H,40,44,46). The number of carbonyl (C=O) groups is 2. The van der Waals surface area contributed by atoms with Gasteiger partial charge in [0.2, 0.25) is 14.2 Å². The van der Waals surface area contributed by atoms with Gasteiger partial charge in [-0.25, -0.2) is 9.78 Å². The van der Waals surface area contributed by atoms with Crippen LogP contribution in [0, 0.1) is 5.41 Å². The average molecular weight is 690 g/mol. The number of hydrogen-bond acceptors (Lipinski definition) is 7. The maximum atomic E-state index is 13.7. The summed E-state index contributed by atoms with van der Waals surface area (Å²) in [6, 6.07) is 15.0. The van der Waals surface area contributed by atoms with Crippen LogP contribution in [0.4, 0.5) is 5.69 Å². The molecule has 0 aliphatic rings. The zero-order chi connectivity index (χ0) is 36.3. The number of esters is 1. The number of aromatic nitrogens is 4. The molecule has 49 heavy (non-hydrogen) atoms. The molecule has 1 atom stereocenters. The van der Waals surface area contributed by atoms with E-state index in [1.54, 1.807) is 37.5 Å². The lowest BCUT2D eigenvalue weighted by Gasteiger charge is -2.37. The Kier molecular flexibility index (Phi) is 11.1. The van der Waals surface area contributed by atoms with Gasteiger partial charge in [-0.1, -0.05) is 64.4 Å². The Balaban J connectivity index is 1.96. The number of fused-ring (bicyclic) bond motifs is 1. The Labute approximate surface area is 289 Å². The van der Waals surface area contributed by atoms with E-state index in [1.165, 1.54) is 11.5 Å². The lowest BCUT2D eigenvalue weighted by atomic mass is 9.97. The van der Waals surface area contributed by atoms with Crippen LogP contribution in [0.5, 0.6) is 5.75 Å². The van der Waals surface area contributed by atoms with Crippen molar-refractivity contribution in [3.8, 4) is 5.75 Å². The summed E-state index contributed by atoms with van der Waals surface area (Å²) in [6.07, 6.45) is 0.960. The van der Waals surface area contributed by atoms with Gasteiger partial charge in [-0.05, 0) is 74.7 Å². The summed E-state index contributed by atoms with van der Waals surface area (Å²) < 4.78 is 16.3. The first-order chi connectivity index (χ1) is 22.8. The Morgan fingerprint density at radius 1 is 1.00 bits per heavy atom. The highest BCUT2D eigenvalue weighted by atomic mass is 28.4. The van der Waals surface area contributed by atoms with E-state index in [4.69, 9.17) is 14.1 Å². The number of anilines is 1. The summed E-state index contributed by atoms with van der Waals surface area (Å²) in [7, 11) is -2.26. The number of nitrogens with one attached hydrogen (secondary N) is 2. The second-order valence-electron chi connectivity index (χ2n) is 15.2. The van der Waals surface area contributed by atoms with Crippen molar-refractivity contribution in [2.24, 2.45) is 5.41 Å². The van der Waals surface area contributed by atoms with Gasteiger partial charge in [-0.15, -0.1) is 0 Å². The maximum Gasteiger partial charge on any atom is 0.330 e. The Morgan fingerprint density at radius 3 is 2.24 bits per heavy atom. The molecule has 2 aromatic carbocycles. The monoisotopic (exact) mass is 689 g/mol. The number of nitrogens with zero attached hydrogens (tertiary/aromatic N) is 3. The Bertz CT molecular complexity index is 1930. The molecule has 0 aliphatic heterocycles. The highest BCUT2D eigenvalue weighted by Gasteiger charge is 2.40. The van der Waals surface area contributed by atoms with Crippen LogP contribution in [0.1, 0.15) is 91.4 Å². The molecule has 0 fully saturated rings. The van der Waals surface area contributed by atoms with Crippen molar-refractivity contribution in [2.45, 2.75) is 112 Å². The molecule has 0 saturated heterocycles. The minimum Gasteiger partial charge on any atom is -0.543 e. The van der Waals surface area contributed by atoms with E-state index in [2.05, 4.69) is 44.2 Å². The summed E-state index contributed by atoms with van der Waals surface area (Å²) >= 11 is 0. The second kappa shape index (κ2) is 14.6. The zero-order valence-electron chi connectivity index (χ0n) is 30.5. The molecule has 1 unspecified atom stereocenters. The van der Waals surface area contributed by atoms with Gasteiger partial charge in [-0.2, -0.15) is 0 Å². The third-order valence-corrected chi connectivity index (χ3v) is 13.3. The van der Waals surface area contributed by atoms with E-state index >= 15 is 0 Å². The highest BCUT2D eigenvalue weighted by molar-refractivity contribution is 6.74. The maximum absolute atomic E-state index is 13.7. The first-order valence-corrected chi connectivity index (χ1v) is 19.8. The van der Waals surface area contributed by atoms with E-state index in [-0.39, 0.29) is 35.0 Å². The van der Waals surface area contributed by atoms with E-state index in [9.17, 15) is 19.2 Å². The minimum absolute atomic E-state index is 0.0587. The van der Waals surface area contributed by atoms with Crippen LogP contribution in [-0.4, -0.2) is 39.3 Å². The summed E-state index contributed by atoms with van der Waals surface area (Å²) in [5.41, 5.74) is 0.665. The normalized spacial score (nSPS) is 12.9. The molecule has 0 spiro atoms. The van der Waals surface area contributed by atoms with Crippen molar-refractivity contribution in [2.75, 3.05) is 5.32 Å². The number of aryl methyl sites for hydroxylation is 1. The highest BCUT2D eigenvalue weighted by Crippen LogP contribution is 2.39. The van der Waals surface area contributed by atoms with Crippen molar-refractivity contribution in [3.63, 3.8) is 0 Å². The van der Waals surface area contributed by atoms with Crippen LogP contribution >= 0.6 is 0 Å². The molecule has 12 heteroatoms. The van der Waals surface area contributed by atoms with E-state index in [0.717, 1.165) is 17.5 Å². The summed E-state index contributed by atoms with van der Waals surface area (Å²) in [4.78, 5) is 59.5. The summed E-state index contributed by atoms with van der Waals surface area (Å²) in [5.74, 6) is 0.501. The van der Waals surface area contributed by atoms with E-state index in [0.29, 0.717) is 30.2 Å². The molecule has 2 aromatic heterocycles. The van der Waals surface area contributed by atoms with Gasteiger partial charge >= 0.3 is 11.7 Å². The van der Waals surface area contributed by atoms with Crippen molar-refractivity contribution in [1.29, 1.82) is 0 Å². The average Bonchev–Trinajstić information content (AvgIpc) is 3.36. The van der Waals surface area contributed by atoms with Crippen LogP contribution in [0.2, 0.25) is 18.1 Å². The molecular formula is C37H51N5O6Si. The predicted molar refractivity (Wildman–Crippen MR) is 196 cm³/mol. The van der Waals surface area contributed by atoms with Gasteiger partial charge in [0.05, 0.1) is 5.41 Å². The molecule has 2 heterocycles. The number of carbonyl (C=O) groups excluding carboxylic acids is 2. The number of para-hydroxylation sites is 1. The number of ether oxygens (including phenoxy) is 1. The molecule has 2 N–H and O–H groups in total. The molecule has 0 radical (unpaired) electrons. The third-order valence-electron chi connectivity index (χ3n) is 8.96. The van der Waals surface area contributed by atoms with Crippen LogP contribution in [-0.2, 0) is 33.7 Å². The third kappa shape index (κ3) is 8.78. The molecule has 11 nitrogen and oxygen atoms in total. The van der Waals surface area contributed by atoms with Gasteiger partial charge < -0.3 is 14.5 Å². The van der Waals surface area contributed by atoms with Crippen molar-refractivity contribution in [3.05, 3.63) is 86.3 Å². The fourth-order valence-electron chi connectivity index (χ4n) is 5.11.